The summed E-state index contributed by atoms with van der Waals surface area (Å²) in [6.45, 7) is 1.70. The zero-order chi connectivity index (χ0) is 15.4. The van der Waals surface area contributed by atoms with Crippen LogP contribution in [0.5, 0.6) is 0 Å². The number of anilines is 1. The molecule has 0 aliphatic heterocycles. The highest BCUT2D eigenvalue weighted by molar-refractivity contribution is 6.00. The topological polar surface area (TPSA) is 91.6 Å². The fourth-order valence-electron chi connectivity index (χ4n) is 1.77. The first-order chi connectivity index (χ1) is 9.97. The Kier molecular flexibility index (Phi) is 4.22. The van der Waals surface area contributed by atoms with Gasteiger partial charge in [-0.05, 0) is 37.3 Å². The van der Waals surface area contributed by atoms with Gasteiger partial charge in [-0.25, -0.2) is 14.0 Å². The van der Waals surface area contributed by atoms with Gasteiger partial charge >= 0.3 is 12.0 Å². The van der Waals surface area contributed by atoms with Crippen molar-refractivity contribution in [3.05, 3.63) is 53.7 Å². The largest absolute Gasteiger partial charge is 0.478 e. The Morgan fingerprint density at radius 3 is 2.71 bits per heavy atom. The lowest BCUT2D eigenvalue weighted by Crippen LogP contribution is -2.31. The fourth-order valence-corrected chi connectivity index (χ4v) is 1.77. The number of carbonyl (C=O) groups excluding carboxylic acids is 1. The van der Waals surface area contributed by atoms with Crippen molar-refractivity contribution in [1.82, 2.24) is 5.32 Å². The second-order valence-electron chi connectivity index (χ2n) is 4.33. The summed E-state index contributed by atoms with van der Waals surface area (Å²) in [5.74, 6) is -1.36. The van der Waals surface area contributed by atoms with Crippen molar-refractivity contribution < 1.29 is 23.5 Å². The molecule has 0 bridgehead atoms. The van der Waals surface area contributed by atoms with Gasteiger partial charge in [-0.2, -0.15) is 0 Å². The molecule has 0 radical (unpaired) electrons. The van der Waals surface area contributed by atoms with E-state index in [0.29, 0.717) is 5.76 Å². The smallest absolute Gasteiger partial charge is 0.337 e. The first-order valence-corrected chi connectivity index (χ1v) is 6.11. The van der Waals surface area contributed by atoms with Crippen LogP contribution in [0.1, 0.15) is 29.1 Å². The van der Waals surface area contributed by atoms with Gasteiger partial charge in [0.05, 0.1) is 23.6 Å². The quantitative estimate of drug-likeness (QED) is 0.807. The van der Waals surface area contributed by atoms with Crippen molar-refractivity contribution >= 4 is 17.7 Å². The molecule has 1 aromatic carbocycles. The van der Waals surface area contributed by atoms with E-state index < -0.39 is 23.9 Å². The van der Waals surface area contributed by atoms with Gasteiger partial charge in [0.25, 0.3) is 0 Å². The molecule has 0 saturated carbocycles. The van der Waals surface area contributed by atoms with E-state index >= 15 is 0 Å². The van der Waals surface area contributed by atoms with Gasteiger partial charge in [0.15, 0.2) is 0 Å². The molecule has 7 heteroatoms. The number of furan rings is 1. The van der Waals surface area contributed by atoms with Gasteiger partial charge in [-0.3, -0.25) is 0 Å². The number of hydrogen-bond acceptors (Lipinski definition) is 3. The summed E-state index contributed by atoms with van der Waals surface area (Å²) in [6, 6.07) is 5.34. The molecule has 2 amide bonds. The highest BCUT2D eigenvalue weighted by Crippen LogP contribution is 2.18. The third kappa shape index (κ3) is 3.59. The third-order valence-corrected chi connectivity index (χ3v) is 2.78. The molecule has 110 valence electrons. The van der Waals surface area contributed by atoms with E-state index in [9.17, 15) is 14.0 Å². The standard InChI is InChI=1S/C14H13FN2O4/c1-8(12-3-2-6-21-12)16-14(20)17-11-7-9(15)4-5-10(11)13(18)19/h2-8H,1H3,(H,18,19)(H2,16,17,20). The number of carboxylic acid groups (broad SMARTS) is 1. The molecule has 1 atom stereocenters. The molecule has 1 unspecified atom stereocenters. The number of nitrogens with one attached hydrogen (secondary N) is 2. The summed E-state index contributed by atoms with van der Waals surface area (Å²) in [6.07, 6.45) is 1.47. The lowest BCUT2D eigenvalue weighted by atomic mass is 10.1. The molecule has 6 nitrogen and oxygen atoms in total. The predicted molar refractivity (Wildman–Crippen MR) is 72.6 cm³/mol. The predicted octanol–water partition coefficient (Wildman–Crippen LogP) is 3.00. The Hall–Kier alpha value is -2.83. The summed E-state index contributed by atoms with van der Waals surface area (Å²) in [4.78, 5) is 22.8. The van der Waals surface area contributed by atoms with Crippen LogP contribution in [-0.2, 0) is 0 Å². The minimum absolute atomic E-state index is 0.119. The van der Waals surface area contributed by atoms with E-state index in [0.717, 1.165) is 18.2 Å². The molecule has 3 N–H and O–H groups in total. The van der Waals surface area contributed by atoms with E-state index in [2.05, 4.69) is 10.6 Å². The van der Waals surface area contributed by atoms with Crippen molar-refractivity contribution in [3.63, 3.8) is 0 Å². The number of halogens is 1. The molecule has 0 saturated heterocycles. The number of carboxylic acids is 1. The third-order valence-electron chi connectivity index (χ3n) is 2.78. The summed E-state index contributed by atoms with van der Waals surface area (Å²) in [7, 11) is 0. The second kappa shape index (κ2) is 6.08. The Bertz CT molecular complexity index is 655. The van der Waals surface area contributed by atoms with Crippen LogP contribution in [0, 0.1) is 5.82 Å². The molecule has 0 spiro atoms. The summed E-state index contributed by atoms with van der Waals surface area (Å²) in [5, 5.41) is 13.9. The zero-order valence-corrected chi connectivity index (χ0v) is 11.1. The van der Waals surface area contributed by atoms with Crippen LogP contribution in [0.15, 0.2) is 41.0 Å². The lowest BCUT2D eigenvalue weighted by Gasteiger charge is -2.13. The Morgan fingerprint density at radius 2 is 2.10 bits per heavy atom. The van der Waals surface area contributed by atoms with Crippen molar-refractivity contribution in [3.8, 4) is 0 Å². The van der Waals surface area contributed by atoms with Crippen LogP contribution >= 0.6 is 0 Å². The minimum Gasteiger partial charge on any atom is -0.478 e. The molecular weight excluding hydrogens is 279 g/mol. The fraction of sp³-hybridized carbons (Fsp3) is 0.143. The number of aromatic carboxylic acids is 1. The maximum Gasteiger partial charge on any atom is 0.337 e. The van der Waals surface area contributed by atoms with E-state index in [1.807, 2.05) is 0 Å². The Labute approximate surface area is 119 Å². The van der Waals surface area contributed by atoms with Crippen molar-refractivity contribution in [2.75, 3.05) is 5.32 Å². The number of urea groups is 1. The van der Waals surface area contributed by atoms with Gasteiger partial charge in [-0.1, -0.05) is 0 Å². The van der Waals surface area contributed by atoms with Crippen LogP contribution < -0.4 is 10.6 Å². The number of amides is 2. The van der Waals surface area contributed by atoms with Crippen molar-refractivity contribution in [2.24, 2.45) is 0 Å². The van der Waals surface area contributed by atoms with Gasteiger partial charge in [0.1, 0.15) is 11.6 Å². The average molecular weight is 292 g/mol. The van der Waals surface area contributed by atoms with E-state index in [4.69, 9.17) is 9.52 Å². The second-order valence-corrected chi connectivity index (χ2v) is 4.33. The molecule has 0 fully saturated rings. The number of hydrogen-bond donors (Lipinski definition) is 3. The molecule has 21 heavy (non-hydrogen) atoms. The Balaban J connectivity index is 2.09. The van der Waals surface area contributed by atoms with Crippen LogP contribution in [-0.4, -0.2) is 17.1 Å². The normalized spacial score (nSPS) is 11.7. The van der Waals surface area contributed by atoms with Crippen LogP contribution in [0.25, 0.3) is 0 Å². The summed E-state index contributed by atoms with van der Waals surface area (Å²) < 4.78 is 18.3. The number of carbonyl (C=O) groups is 2. The first kappa shape index (κ1) is 14.6. The lowest BCUT2D eigenvalue weighted by molar-refractivity contribution is 0.0698. The van der Waals surface area contributed by atoms with Gasteiger partial charge in [-0.15, -0.1) is 0 Å². The average Bonchev–Trinajstić information content (AvgIpc) is 2.91. The zero-order valence-electron chi connectivity index (χ0n) is 11.1. The molecule has 2 aromatic rings. The van der Waals surface area contributed by atoms with Gasteiger partial charge in [0, 0.05) is 0 Å². The highest BCUT2D eigenvalue weighted by Gasteiger charge is 2.16. The van der Waals surface area contributed by atoms with Crippen LogP contribution in [0.4, 0.5) is 14.9 Å². The summed E-state index contributed by atoms with van der Waals surface area (Å²) >= 11 is 0. The number of benzene rings is 1. The van der Waals surface area contributed by atoms with E-state index in [1.54, 1.807) is 19.1 Å². The van der Waals surface area contributed by atoms with Crippen LogP contribution in [0.2, 0.25) is 0 Å². The molecule has 1 aromatic heterocycles. The van der Waals surface area contributed by atoms with Crippen molar-refractivity contribution in [2.45, 2.75) is 13.0 Å². The van der Waals surface area contributed by atoms with E-state index in [-0.39, 0.29) is 11.3 Å². The summed E-state index contributed by atoms with van der Waals surface area (Å²) in [5.41, 5.74) is -0.316. The van der Waals surface area contributed by atoms with Gasteiger partial charge in [0.2, 0.25) is 0 Å². The van der Waals surface area contributed by atoms with Gasteiger partial charge < -0.3 is 20.2 Å². The first-order valence-electron chi connectivity index (χ1n) is 6.11. The van der Waals surface area contributed by atoms with Crippen molar-refractivity contribution in [1.29, 1.82) is 0 Å². The SMILES string of the molecule is CC(NC(=O)Nc1cc(F)ccc1C(=O)O)c1ccco1. The molecule has 0 aliphatic carbocycles. The minimum atomic E-state index is -1.26. The maximum atomic E-state index is 13.2. The number of rotatable bonds is 4. The molecule has 1 heterocycles. The monoisotopic (exact) mass is 292 g/mol. The van der Waals surface area contributed by atoms with Crippen LogP contribution in [0.3, 0.4) is 0 Å². The Morgan fingerprint density at radius 1 is 1.33 bits per heavy atom. The van der Waals surface area contributed by atoms with E-state index in [1.165, 1.54) is 6.26 Å². The molecule has 2 rings (SSSR count). The maximum absolute atomic E-state index is 13.2. The molecule has 0 aliphatic rings. The highest BCUT2D eigenvalue weighted by atomic mass is 19.1. The molecular formula is C14H13FN2O4.